The second-order valence-electron chi connectivity index (χ2n) is 3.08. The highest BCUT2D eigenvalue weighted by Gasteiger charge is 2.02. The monoisotopic (exact) mass is 223 g/mol. The van der Waals surface area contributed by atoms with Crippen LogP contribution in [-0.4, -0.2) is 28.8 Å². The van der Waals surface area contributed by atoms with Gasteiger partial charge in [-0.1, -0.05) is 40.0 Å². The molecule has 0 aromatic heterocycles. The van der Waals surface area contributed by atoms with Gasteiger partial charge >= 0.3 is 0 Å². The fourth-order valence-corrected chi connectivity index (χ4v) is 3.85. The Morgan fingerprint density at radius 2 is 1.29 bits per heavy atom. The van der Waals surface area contributed by atoms with Crippen molar-refractivity contribution in [1.29, 1.82) is 0 Å². The van der Waals surface area contributed by atoms with Gasteiger partial charge in [0.2, 0.25) is 0 Å². The minimum absolute atomic E-state index is 0.439. The molecule has 86 valence electrons. The van der Waals surface area contributed by atoms with Crippen molar-refractivity contribution in [2.75, 3.05) is 18.5 Å². The molecule has 0 aliphatic heterocycles. The van der Waals surface area contributed by atoms with Crippen LogP contribution in [0, 0.1) is 10.1 Å². The predicted octanol–water partition coefficient (Wildman–Crippen LogP) is 3.35. The van der Waals surface area contributed by atoms with Crippen LogP contribution >= 0.6 is 7.92 Å². The van der Waals surface area contributed by atoms with Gasteiger partial charge in [-0.15, -0.1) is 18.0 Å². The zero-order chi connectivity index (χ0) is 11.4. The highest BCUT2D eigenvalue weighted by atomic mass is 31.1. The number of hydrogen-bond acceptors (Lipinski definition) is 2. The average molecular weight is 223 g/mol. The Labute approximate surface area is 87.6 Å². The molecular formula is C9H22NO3P. The molecule has 0 aliphatic carbocycles. The second-order valence-corrected chi connectivity index (χ2v) is 5.76. The number of hydrogen-bond donors (Lipinski definition) is 1. The summed E-state index contributed by atoms with van der Waals surface area (Å²) in [6.45, 7) is 6.92. The molecule has 0 atom stereocenters. The van der Waals surface area contributed by atoms with Crippen molar-refractivity contribution in [1.82, 2.24) is 0 Å². The maximum atomic E-state index is 8.36. The molecule has 5 heteroatoms. The summed E-state index contributed by atoms with van der Waals surface area (Å²) in [5.74, 6) is 0. The molecule has 0 saturated carbocycles. The van der Waals surface area contributed by atoms with Crippen molar-refractivity contribution in [3.8, 4) is 0 Å². The van der Waals surface area contributed by atoms with Crippen molar-refractivity contribution >= 4 is 7.92 Å². The first-order valence-electron chi connectivity index (χ1n) is 5.14. The van der Waals surface area contributed by atoms with Gasteiger partial charge in [0.15, 0.2) is 0 Å². The molecular weight excluding hydrogens is 201 g/mol. The second kappa shape index (κ2) is 12.6. The first kappa shape index (κ1) is 16.1. The Kier molecular flexibility index (Phi) is 14.5. The van der Waals surface area contributed by atoms with Crippen LogP contribution in [0.4, 0.5) is 0 Å². The summed E-state index contributed by atoms with van der Waals surface area (Å²) < 4.78 is 0. The predicted molar refractivity (Wildman–Crippen MR) is 61.2 cm³/mol. The first-order chi connectivity index (χ1) is 6.58. The van der Waals surface area contributed by atoms with Crippen molar-refractivity contribution in [2.45, 2.75) is 40.0 Å². The smallest absolute Gasteiger partial charge is 0.291 e. The molecule has 0 amide bonds. The molecule has 0 aliphatic rings. The summed E-state index contributed by atoms with van der Waals surface area (Å²) in [6.07, 6.45) is 8.72. The third-order valence-corrected chi connectivity index (χ3v) is 4.86. The molecule has 0 aromatic rings. The van der Waals surface area contributed by atoms with E-state index in [4.69, 9.17) is 15.3 Å². The van der Waals surface area contributed by atoms with Gasteiger partial charge in [0.05, 0.1) is 0 Å². The Morgan fingerprint density at radius 1 is 1.07 bits per heavy atom. The maximum absolute atomic E-state index is 8.36. The molecule has 0 unspecified atom stereocenters. The third kappa shape index (κ3) is 17.6. The minimum Gasteiger partial charge on any atom is -0.328 e. The highest BCUT2D eigenvalue weighted by Crippen LogP contribution is 2.37. The van der Waals surface area contributed by atoms with E-state index in [2.05, 4.69) is 20.8 Å². The van der Waals surface area contributed by atoms with Crippen molar-refractivity contribution in [3.63, 3.8) is 0 Å². The van der Waals surface area contributed by atoms with Crippen LogP contribution in [0.1, 0.15) is 40.0 Å². The summed E-state index contributed by atoms with van der Waals surface area (Å²) in [5, 5.41) is 13.6. The zero-order valence-corrected chi connectivity index (χ0v) is 10.3. The number of rotatable bonds is 6. The molecule has 0 fully saturated rings. The summed E-state index contributed by atoms with van der Waals surface area (Å²) in [6, 6.07) is 0. The summed E-state index contributed by atoms with van der Waals surface area (Å²) in [5.41, 5.74) is 0. The third-order valence-electron chi connectivity index (χ3n) is 1.62. The Balaban J connectivity index is 0. The molecule has 0 rings (SSSR count). The lowest BCUT2D eigenvalue weighted by molar-refractivity contribution is -0.742. The zero-order valence-electron chi connectivity index (χ0n) is 9.40. The van der Waals surface area contributed by atoms with E-state index in [0.717, 1.165) is 0 Å². The summed E-state index contributed by atoms with van der Waals surface area (Å²) >= 11 is 0. The van der Waals surface area contributed by atoms with Crippen LogP contribution in [-0.2, 0) is 0 Å². The quantitative estimate of drug-likeness (QED) is 0.426. The Bertz CT molecular complexity index is 115. The topological polar surface area (TPSA) is 63.4 Å². The Morgan fingerprint density at radius 3 is 1.43 bits per heavy atom. The molecule has 14 heavy (non-hydrogen) atoms. The van der Waals surface area contributed by atoms with Crippen LogP contribution in [0.2, 0.25) is 0 Å². The van der Waals surface area contributed by atoms with Crippen LogP contribution in [0.25, 0.3) is 0 Å². The molecule has 4 nitrogen and oxygen atoms in total. The Hall–Kier alpha value is -0.370. The van der Waals surface area contributed by atoms with Crippen LogP contribution in [0.15, 0.2) is 0 Å². The van der Waals surface area contributed by atoms with Crippen molar-refractivity contribution < 1.29 is 10.3 Å². The van der Waals surface area contributed by atoms with Gasteiger partial charge in [-0.3, -0.25) is 0 Å². The van der Waals surface area contributed by atoms with Crippen molar-refractivity contribution in [2.24, 2.45) is 0 Å². The summed E-state index contributed by atoms with van der Waals surface area (Å²) in [7, 11) is 0.439. The van der Waals surface area contributed by atoms with Crippen molar-refractivity contribution in [3.05, 3.63) is 10.1 Å². The van der Waals surface area contributed by atoms with E-state index in [1.807, 2.05) is 0 Å². The lowest BCUT2D eigenvalue weighted by Gasteiger charge is -2.13. The van der Waals surface area contributed by atoms with Gasteiger partial charge in [-0.2, -0.15) is 0 Å². The fourth-order valence-electron chi connectivity index (χ4n) is 1.28. The molecule has 0 aromatic carbocycles. The van der Waals surface area contributed by atoms with Gasteiger partial charge in [-0.25, -0.2) is 0 Å². The lowest BCUT2D eigenvalue weighted by Crippen LogP contribution is -1.92. The van der Waals surface area contributed by atoms with E-state index in [0.29, 0.717) is 7.92 Å². The van der Waals surface area contributed by atoms with Gasteiger partial charge in [0, 0.05) is 0 Å². The van der Waals surface area contributed by atoms with Crippen LogP contribution in [0.3, 0.4) is 0 Å². The first-order valence-corrected chi connectivity index (χ1v) is 7.03. The van der Waals surface area contributed by atoms with Gasteiger partial charge < -0.3 is 5.21 Å². The highest BCUT2D eigenvalue weighted by molar-refractivity contribution is 7.57. The standard InChI is InChI=1S/C9H21P.HNO3/c1-4-7-10(8-5-2)9-6-3;2-1(3)4/h4-9H2,1-3H3;(H,2,3,4). The largest absolute Gasteiger partial charge is 0.328 e. The number of nitrogens with zero attached hydrogens (tertiary/aromatic N) is 1. The van der Waals surface area contributed by atoms with E-state index < -0.39 is 5.09 Å². The van der Waals surface area contributed by atoms with Gasteiger partial charge in [0.25, 0.3) is 5.09 Å². The molecule has 0 spiro atoms. The van der Waals surface area contributed by atoms with E-state index >= 15 is 0 Å². The van der Waals surface area contributed by atoms with E-state index in [1.165, 1.54) is 37.7 Å². The van der Waals surface area contributed by atoms with E-state index in [1.54, 1.807) is 0 Å². The van der Waals surface area contributed by atoms with E-state index in [9.17, 15) is 0 Å². The van der Waals surface area contributed by atoms with Crippen LogP contribution < -0.4 is 0 Å². The molecule has 1 N–H and O–H groups in total. The normalized spacial score (nSPS) is 9.43. The lowest BCUT2D eigenvalue weighted by atomic mass is 10.6. The molecule has 0 radical (unpaired) electrons. The maximum Gasteiger partial charge on any atom is 0.291 e. The molecule has 0 heterocycles. The van der Waals surface area contributed by atoms with Gasteiger partial charge in [0.1, 0.15) is 0 Å². The van der Waals surface area contributed by atoms with Crippen LogP contribution in [0.5, 0.6) is 0 Å². The molecule has 0 saturated heterocycles. The van der Waals surface area contributed by atoms with E-state index in [-0.39, 0.29) is 0 Å². The SMILES string of the molecule is CCCP(CCC)CCC.O=[N+]([O-])O. The van der Waals surface area contributed by atoms with Gasteiger partial charge in [-0.05, 0) is 18.5 Å². The minimum atomic E-state index is -1.50. The summed E-state index contributed by atoms with van der Waals surface area (Å²) in [4.78, 5) is 8.36. The fraction of sp³-hybridized carbons (Fsp3) is 1.00. The molecule has 0 bridgehead atoms. The average Bonchev–Trinajstić information content (AvgIpc) is 2.04.